The Kier molecular flexibility index (Phi) is 3.76. The topological polar surface area (TPSA) is 46.3 Å². The molecular formula is C14H26N2O. The molecule has 1 amide bonds. The molecule has 2 aliphatic rings. The van der Waals surface area contributed by atoms with Crippen molar-refractivity contribution in [1.82, 2.24) is 4.90 Å². The monoisotopic (exact) mass is 238 g/mol. The van der Waals surface area contributed by atoms with Gasteiger partial charge in [-0.25, -0.2) is 0 Å². The summed E-state index contributed by atoms with van der Waals surface area (Å²) in [6.07, 6.45) is 5.59. The largest absolute Gasteiger partial charge is 0.342 e. The molecule has 2 atom stereocenters. The fourth-order valence-electron chi connectivity index (χ4n) is 3.72. The first-order chi connectivity index (χ1) is 8.07. The van der Waals surface area contributed by atoms with Crippen LogP contribution in [0.4, 0.5) is 0 Å². The molecule has 2 fully saturated rings. The van der Waals surface area contributed by atoms with E-state index in [1.165, 1.54) is 19.3 Å². The minimum Gasteiger partial charge on any atom is -0.342 e. The predicted octanol–water partition coefficient (Wildman–Crippen LogP) is 2.01. The molecule has 2 rings (SSSR count). The van der Waals surface area contributed by atoms with E-state index in [-0.39, 0.29) is 5.41 Å². The van der Waals surface area contributed by atoms with Crippen molar-refractivity contribution < 1.29 is 4.79 Å². The van der Waals surface area contributed by atoms with Crippen LogP contribution in [0.15, 0.2) is 0 Å². The molecule has 1 saturated heterocycles. The first-order valence-electron chi connectivity index (χ1n) is 7.07. The first kappa shape index (κ1) is 12.9. The van der Waals surface area contributed by atoms with Gasteiger partial charge >= 0.3 is 0 Å². The number of carbonyl (C=O) groups excluding carboxylic acids is 1. The van der Waals surface area contributed by atoms with E-state index in [9.17, 15) is 4.79 Å². The molecule has 2 unspecified atom stereocenters. The number of carbonyl (C=O) groups is 1. The highest BCUT2D eigenvalue weighted by atomic mass is 16.2. The lowest BCUT2D eigenvalue weighted by molar-refractivity contribution is -0.144. The molecule has 0 aromatic heterocycles. The van der Waals surface area contributed by atoms with Crippen LogP contribution in [-0.2, 0) is 4.79 Å². The van der Waals surface area contributed by atoms with Crippen molar-refractivity contribution in [1.29, 1.82) is 0 Å². The number of piperidine rings is 1. The molecule has 2 N–H and O–H groups in total. The fraction of sp³-hybridized carbons (Fsp3) is 0.929. The van der Waals surface area contributed by atoms with Crippen LogP contribution >= 0.6 is 0 Å². The second-order valence-corrected chi connectivity index (χ2v) is 6.35. The summed E-state index contributed by atoms with van der Waals surface area (Å²) in [7, 11) is 0. The lowest BCUT2D eigenvalue weighted by atomic mass is 9.82. The zero-order chi connectivity index (χ0) is 12.5. The molecule has 17 heavy (non-hydrogen) atoms. The molecule has 0 spiro atoms. The van der Waals surface area contributed by atoms with E-state index in [0.29, 0.717) is 24.3 Å². The Morgan fingerprint density at radius 1 is 1.24 bits per heavy atom. The van der Waals surface area contributed by atoms with Crippen molar-refractivity contribution in [2.45, 2.75) is 46.0 Å². The van der Waals surface area contributed by atoms with Crippen LogP contribution in [0.2, 0.25) is 0 Å². The van der Waals surface area contributed by atoms with Gasteiger partial charge in [-0.3, -0.25) is 4.79 Å². The van der Waals surface area contributed by atoms with Crippen LogP contribution in [-0.4, -0.2) is 30.4 Å². The lowest BCUT2D eigenvalue weighted by Gasteiger charge is -2.40. The molecule has 98 valence electrons. The Balaban J connectivity index is 2.08. The summed E-state index contributed by atoms with van der Waals surface area (Å²) in [6, 6.07) is 0. The maximum absolute atomic E-state index is 12.7. The molecule has 0 bridgehead atoms. The Morgan fingerprint density at radius 3 is 2.24 bits per heavy atom. The molecule has 1 heterocycles. The third-order valence-corrected chi connectivity index (χ3v) is 4.56. The van der Waals surface area contributed by atoms with Crippen molar-refractivity contribution >= 4 is 5.91 Å². The summed E-state index contributed by atoms with van der Waals surface area (Å²) in [5.74, 6) is 1.62. The van der Waals surface area contributed by atoms with Gasteiger partial charge in [-0.05, 0) is 31.1 Å². The fourth-order valence-corrected chi connectivity index (χ4v) is 3.72. The highest BCUT2D eigenvalue weighted by Crippen LogP contribution is 2.39. The van der Waals surface area contributed by atoms with Crippen molar-refractivity contribution in [3.05, 3.63) is 0 Å². The molecule has 0 aromatic rings. The maximum Gasteiger partial charge on any atom is 0.230 e. The van der Waals surface area contributed by atoms with E-state index >= 15 is 0 Å². The number of rotatable bonds is 2. The molecule has 0 radical (unpaired) electrons. The lowest BCUT2D eigenvalue weighted by Crippen LogP contribution is -2.51. The zero-order valence-corrected chi connectivity index (χ0v) is 11.2. The highest BCUT2D eigenvalue weighted by molar-refractivity contribution is 5.83. The molecule has 1 saturated carbocycles. The SMILES string of the molecule is CC1CC(C)CN(C(=O)C2(CN)CCCC2)C1. The van der Waals surface area contributed by atoms with E-state index in [1.54, 1.807) is 0 Å². The zero-order valence-electron chi connectivity index (χ0n) is 11.2. The Labute approximate surface area is 105 Å². The van der Waals surface area contributed by atoms with Crippen molar-refractivity contribution in [3.8, 4) is 0 Å². The Morgan fingerprint density at radius 2 is 1.76 bits per heavy atom. The van der Waals surface area contributed by atoms with Crippen LogP contribution in [0.1, 0.15) is 46.0 Å². The van der Waals surface area contributed by atoms with Crippen molar-refractivity contribution in [2.75, 3.05) is 19.6 Å². The molecule has 3 nitrogen and oxygen atoms in total. The van der Waals surface area contributed by atoms with E-state index in [1.807, 2.05) is 0 Å². The van der Waals surface area contributed by atoms with Crippen LogP contribution in [0, 0.1) is 17.3 Å². The van der Waals surface area contributed by atoms with Gasteiger partial charge in [0.1, 0.15) is 0 Å². The van der Waals surface area contributed by atoms with E-state index < -0.39 is 0 Å². The van der Waals surface area contributed by atoms with Crippen molar-refractivity contribution in [2.24, 2.45) is 23.0 Å². The summed E-state index contributed by atoms with van der Waals surface area (Å²) >= 11 is 0. The average Bonchev–Trinajstić information content (AvgIpc) is 2.76. The van der Waals surface area contributed by atoms with Gasteiger partial charge in [-0.1, -0.05) is 26.7 Å². The summed E-state index contributed by atoms with van der Waals surface area (Å²) in [5, 5.41) is 0. The molecule has 0 aromatic carbocycles. The van der Waals surface area contributed by atoms with Gasteiger partial charge in [0.15, 0.2) is 0 Å². The van der Waals surface area contributed by atoms with E-state index in [2.05, 4.69) is 18.7 Å². The summed E-state index contributed by atoms with van der Waals surface area (Å²) < 4.78 is 0. The van der Waals surface area contributed by atoms with Gasteiger partial charge in [-0.2, -0.15) is 0 Å². The van der Waals surface area contributed by atoms with Gasteiger partial charge in [0.25, 0.3) is 0 Å². The van der Waals surface area contributed by atoms with Crippen LogP contribution < -0.4 is 5.73 Å². The van der Waals surface area contributed by atoms with Gasteiger partial charge < -0.3 is 10.6 Å². The standard InChI is InChI=1S/C14H26N2O/c1-11-7-12(2)9-16(8-11)13(17)14(10-15)5-3-4-6-14/h11-12H,3-10,15H2,1-2H3. The summed E-state index contributed by atoms with van der Waals surface area (Å²) in [4.78, 5) is 14.8. The third-order valence-electron chi connectivity index (χ3n) is 4.56. The molecule has 1 aliphatic carbocycles. The number of nitrogens with two attached hydrogens (primary N) is 1. The van der Waals surface area contributed by atoms with Crippen LogP contribution in [0.5, 0.6) is 0 Å². The molecular weight excluding hydrogens is 212 g/mol. The number of nitrogens with zero attached hydrogens (tertiary/aromatic N) is 1. The van der Waals surface area contributed by atoms with Crippen LogP contribution in [0.3, 0.4) is 0 Å². The summed E-state index contributed by atoms with van der Waals surface area (Å²) in [6.45, 7) is 6.90. The van der Waals surface area contributed by atoms with E-state index in [4.69, 9.17) is 5.73 Å². The van der Waals surface area contributed by atoms with E-state index in [0.717, 1.165) is 25.9 Å². The number of likely N-dealkylation sites (tertiary alicyclic amines) is 1. The van der Waals surface area contributed by atoms with Gasteiger partial charge in [0, 0.05) is 19.6 Å². The minimum atomic E-state index is -0.212. The normalized spacial score (nSPS) is 32.8. The Hall–Kier alpha value is -0.570. The quantitative estimate of drug-likeness (QED) is 0.800. The third kappa shape index (κ3) is 2.49. The highest BCUT2D eigenvalue weighted by Gasteiger charge is 2.43. The number of amides is 1. The van der Waals surface area contributed by atoms with Crippen LogP contribution in [0.25, 0.3) is 0 Å². The summed E-state index contributed by atoms with van der Waals surface area (Å²) in [5.41, 5.74) is 5.69. The number of hydrogen-bond donors (Lipinski definition) is 1. The van der Waals surface area contributed by atoms with Gasteiger partial charge in [-0.15, -0.1) is 0 Å². The molecule has 1 aliphatic heterocycles. The first-order valence-corrected chi connectivity index (χ1v) is 7.07. The molecule has 3 heteroatoms. The van der Waals surface area contributed by atoms with Crippen molar-refractivity contribution in [3.63, 3.8) is 0 Å². The smallest absolute Gasteiger partial charge is 0.230 e. The maximum atomic E-state index is 12.7. The predicted molar refractivity (Wildman–Crippen MR) is 69.5 cm³/mol. The second kappa shape index (κ2) is 4.97. The van der Waals surface area contributed by atoms with Gasteiger partial charge in [0.05, 0.1) is 5.41 Å². The second-order valence-electron chi connectivity index (χ2n) is 6.35. The Bertz CT molecular complexity index is 274. The van der Waals surface area contributed by atoms with Gasteiger partial charge in [0.2, 0.25) is 5.91 Å². The minimum absolute atomic E-state index is 0.212. The average molecular weight is 238 g/mol. The number of hydrogen-bond acceptors (Lipinski definition) is 2.